The van der Waals surface area contributed by atoms with Crippen molar-refractivity contribution in [3.63, 3.8) is 0 Å². The highest BCUT2D eigenvalue weighted by molar-refractivity contribution is 5.34. The molecule has 0 saturated carbocycles. The molecule has 0 spiro atoms. The first-order valence-electron chi connectivity index (χ1n) is 11.9. The molecular formula is C28H48. The molecule has 4 rings (SSSR count). The minimum Gasteiger partial charge on any atom is -0.0683 e. The highest BCUT2D eigenvalue weighted by Gasteiger charge is 2.16. The van der Waals surface area contributed by atoms with Gasteiger partial charge in [0.25, 0.3) is 0 Å². The SMILES string of the molecule is CC.CC.CC.CC.CC1CCc2ccccc21.CC1Cc2ccccc2C1. The largest absolute Gasteiger partial charge is 0.0683 e. The van der Waals surface area contributed by atoms with Gasteiger partial charge in [-0.1, -0.05) is 118 Å². The number of fused-ring (bicyclic) bond motifs is 2. The van der Waals surface area contributed by atoms with Crippen LogP contribution < -0.4 is 0 Å². The lowest BCUT2D eigenvalue weighted by Crippen LogP contribution is -1.89. The zero-order chi connectivity index (χ0) is 21.9. The van der Waals surface area contributed by atoms with E-state index in [4.69, 9.17) is 0 Å². The summed E-state index contributed by atoms with van der Waals surface area (Å²) in [5.41, 5.74) is 6.27. The molecule has 0 heteroatoms. The summed E-state index contributed by atoms with van der Waals surface area (Å²) < 4.78 is 0. The number of hydrogen-bond donors (Lipinski definition) is 0. The monoisotopic (exact) mass is 384 g/mol. The van der Waals surface area contributed by atoms with Crippen LogP contribution in [0.25, 0.3) is 0 Å². The van der Waals surface area contributed by atoms with Crippen LogP contribution in [0, 0.1) is 5.92 Å². The molecule has 0 N–H and O–H groups in total. The molecule has 2 aliphatic rings. The molecule has 0 bridgehead atoms. The van der Waals surface area contributed by atoms with E-state index in [1.54, 1.807) is 22.3 Å². The minimum atomic E-state index is 0.802. The zero-order valence-electron chi connectivity index (χ0n) is 20.6. The summed E-state index contributed by atoms with van der Waals surface area (Å²) in [5.74, 6) is 1.67. The molecule has 2 aromatic carbocycles. The maximum Gasteiger partial charge on any atom is -0.0184 e. The van der Waals surface area contributed by atoms with E-state index in [0.29, 0.717) is 0 Å². The van der Waals surface area contributed by atoms with E-state index in [2.05, 4.69) is 62.4 Å². The number of rotatable bonds is 0. The average molecular weight is 385 g/mol. The molecule has 2 aromatic rings. The van der Waals surface area contributed by atoms with Gasteiger partial charge in [0.1, 0.15) is 0 Å². The topological polar surface area (TPSA) is 0 Å². The van der Waals surface area contributed by atoms with E-state index in [1.165, 1.54) is 25.7 Å². The van der Waals surface area contributed by atoms with Crippen LogP contribution in [0.2, 0.25) is 0 Å². The Kier molecular flexibility index (Phi) is 19.2. The first-order valence-corrected chi connectivity index (χ1v) is 11.9. The number of aryl methyl sites for hydroxylation is 1. The van der Waals surface area contributed by atoms with Gasteiger partial charge in [-0.05, 0) is 59.8 Å². The molecular weight excluding hydrogens is 336 g/mol. The zero-order valence-corrected chi connectivity index (χ0v) is 20.6. The third-order valence-electron chi connectivity index (χ3n) is 4.69. The van der Waals surface area contributed by atoms with Gasteiger partial charge in [0, 0.05) is 0 Å². The summed E-state index contributed by atoms with van der Waals surface area (Å²) in [6.07, 6.45) is 5.21. The molecule has 28 heavy (non-hydrogen) atoms. The van der Waals surface area contributed by atoms with Gasteiger partial charge in [-0.15, -0.1) is 0 Å². The van der Waals surface area contributed by atoms with E-state index in [1.807, 2.05) is 55.4 Å². The third-order valence-corrected chi connectivity index (χ3v) is 4.69. The molecule has 2 aliphatic carbocycles. The Morgan fingerprint density at radius 3 is 1.39 bits per heavy atom. The predicted molar refractivity (Wildman–Crippen MR) is 132 cm³/mol. The predicted octanol–water partition coefficient (Wildman–Crippen LogP) is 9.26. The Labute approximate surface area is 177 Å². The van der Waals surface area contributed by atoms with E-state index >= 15 is 0 Å². The summed E-state index contributed by atoms with van der Waals surface area (Å²) in [5, 5.41) is 0. The maximum absolute atomic E-state index is 2.32. The highest BCUT2D eigenvalue weighted by atomic mass is 14.2. The molecule has 0 saturated heterocycles. The van der Waals surface area contributed by atoms with E-state index in [0.717, 1.165) is 11.8 Å². The van der Waals surface area contributed by atoms with Gasteiger partial charge in [0.05, 0.1) is 0 Å². The van der Waals surface area contributed by atoms with Gasteiger partial charge >= 0.3 is 0 Å². The second kappa shape index (κ2) is 18.8. The lowest BCUT2D eigenvalue weighted by molar-refractivity contribution is 0.628. The van der Waals surface area contributed by atoms with Crippen LogP contribution in [-0.2, 0) is 19.3 Å². The molecule has 0 aromatic heterocycles. The Bertz CT molecular complexity index is 557. The summed E-state index contributed by atoms with van der Waals surface area (Å²) >= 11 is 0. The van der Waals surface area contributed by atoms with Crippen LogP contribution in [0.5, 0.6) is 0 Å². The van der Waals surface area contributed by atoms with E-state index in [-0.39, 0.29) is 0 Å². The first-order chi connectivity index (χ1) is 13.7. The molecule has 0 amide bonds. The fraction of sp³-hybridized carbons (Fsp3) is 0.571. The van der Waals surface area contributed by atoms with E-state index < -0.39 is 0 Å². The molecule has 1 atom stereocenters. The minimum absolute atomic E-state index is 0.802. The quantitative estimate of drug-likeness (QED) is 0.424. The smallest absolute Gasteiger partial charge is 0.0184 e. The number of hydrogen-bond acceptors (Lipinski definition) is 0. The van der Waals surface area contributed by atoms with Crippen LogP contribution >= 0.6 is 0 Å². The van der Waals surface area contributed by atoms with Gasteiger partial charge in [0.15, 0.2) is 0 Å². The lowest BCUT2D eigenvalue weighted by Gasteiger charge is -2.01. The maximum atomic E-state index is 2.32. The molecule has 0 heterocycles. The molecule has 0 nitrogen and oxygen atoms in total. The Morgan fingerprint density at radius 1 is 0.571 bits per heavy atom. The fourth-order valence-electron chi connectivity index (χ4n) is 3.55. The van der Waals surface area contributed by atoms with Gasteiger partial charge < -0.3 is 0 Å². The van der Waals surface area contributed by atoms with Crippen molar-refractivity contribution in [1.82, 2.24) is 0 Å². The van der Waals surface area contributed by atoms with Crippen LogP contribution in [0.1, 0.15) is 104 Å². The Balaban J connectivity index is 0. The standard InChI is InChI=1S/2C10H12.4C2H6/c1-8-6-9-4-2-3-5-10(9)7-8;1-8-6-7-9-4-2-3-5-10(8)9;4*1-2/h2*2-5,8H,6-7H2,1H3;4*1-2H3. The molecule has 160 valence electrons. The summed E-state index contributed by atoms with van der Waals surface area (Å²) in [6, 6.07) is 17.6. The third kappa shape index (κ3) is 9.58. The summed E-state index contributed by atoms with van der Waals surface area (Å²) in [6.45, 7) is 20.6. The van der Waals surface area contributed by atoms with Gasteiger partial charge in [-0.2, -0.15) is 0 Å². The van der Waals surface area contributed by atoms with Crippen molar-refractivity contribution < 1.29 is 0 Å². The lowest BCUT2D eigenvalue weighted by atomic mass is 10.0. The van der Waals surface area contributed by atoms with E-state index in [9.17, 15) is 0 Å². The second-order valence-corrected chi connectivity index (χ2v) is 6.42. The van der Waals surface area contributed by atoms with Crippen LogP contribution in [0.3, 0.4) is 0 Å². The van der Waals surface area contributed by atoms with Crippen molar-refractivity contribution in [3.8, 4) is 0 Å². The fourth-order valence-corrected chi connectivity index (χ4v) is 3.55. The van der Waals surface area contributed by atoms with Crippen molar-refractivity contribution >= 4 is 0 Å². The van der Waals surface area contributed by atoms with Crippen molar-refractivity contribution in [2.75, 3.05) is 0 Å². The average Bonchev–Trinajstić information content (AvgIpc) is 3.36. The highest BCUT2D eigenvalue weighted by Crippen LogP contribution is 2.31. The first kappa shape index (κ1) is 28.6. The molecule has 0 radical (unpaired) electrons. The molecule has 0 fully saturated rings. The van der Waals surface area contributed by atoms with Gasteiger partial charge in [-0.25, -0.2) is 0 Å². The summed E-state index contributed by atoms with van der Waals surface area (Å²) in [4.78, 5) is 0. The normalized spacial score (nSPS) is 15.1. The number of benzene rings is 2. The van der Waals surface area contributed by atoms with Crippen molar-refractivity contribution in [2.45, 2.75) is 101 Å². The second-order valence-electron chi connectivity index (χ2n) is 6.42. The van der Waals surface area contributed by atoms with Crippen LogP contribution in [-0.4, -0.2) is 0 Å². The molecule has 0 aliphatic heterocycles. The summed E-state index contributed by atoms with van der Waals surface area (Å²) in [7, 11) is 0. The van der Waals surface area contributed by atoms with Crippen LogP contribution in [0.15, 0.2) is 48.5 Å². The van der Waals surface area contributed by atoms with Crippen LogP contribution in [0.4, 0.5) is 0 Å². The Hall–Kier alpha value is -1.56. The molecule has 1 unspecified atom stereocenters. The van der Waals surface area contributed by atoms with Gasteiger partial charge in [-0.3, -0.25) is 0 Å². The Morgan fingerprint density at radius 2 is 0.964 bits per heavy atom. The van der Waals surface area contributed by atoms with Crippen molar-refractivity contribution in [3.05, 3.63) is 70.8 Å². The van der Waals surface area contributed by atoms with Crippen molar-refractivity contribution in [2.24, 2.45) is 5.92 Å². The van der Waals surface area contributed by atoms with Gasteiger partial charge in [0.2, 0.25) is 0 Å². The van der Waals surface area contributed by atoms with Crippen molar-refractivity contribution in [1.29, 1.82) is 0 Å².